The highest BCUT2D eigenvalue weighted by atomic mass is 32.2. The van der Waals surface area contributed by atoms with Crippen molar-refractivity contribution >= 4 is 21.8 Å². The Balaban J connectivity index is 2.11. The minimum Gasteiger partial charge on any atom is -0.377 e. The van der Waals surface area contributed by atoms with E-state index in [4.69, 9.17) is 4.74 Å². The normalized spacial score (nSPS) is 17.9. The highest BCUT2D eigenvalue weighted by Crippen LogP contribution is 2.15. The monoisotopic (exact) mass is 425 g/mol. The molecule has 0 aliphatic carbocycles. The highest BCUT2D eigenvalue weighted by Gasteiger charge is 2.25. The Morgan fingerprint density at radius 1 is 1.28 bits per heavy atom. The number of hydrogen-bond donors (Lipinski definition) is 2. The van der Waals surface area contributed by atoms with E-state index in [1.807, 2.05) is 13.8 Å². The van der Waals surface area contributed by atoms with Crippen molar-refractivity contribution in [3.05, 3.63) is 29.8 Å². The predicted molar refractivity (Wildman–Crippen MR) is 110 cm³/mol. The quantitative estimate of drug-likeness (QED) is 0.622. The van der Waals surface area contributed by atoms with Gasteiger partial charge in [-0.15, -0.1) is 0 Å². The third-order valence-corrected chi connectivity index (χ3v) is 6.10. The summed E-state index contributed by atoms with van der Waals surface area (Å²) in [7, 11) is -0.499. The zero-order valence-corrected chi connectivity index (χ0v) is 18.3. The number of likely N-dealkylation sites (N-methyl/N-ethyl adjacent to an activating group) is 1. The second-order valence-corrected chi connectivity index (χ2v) is 9.67. The Kier molecular flexibility index (Phi) is 8.18. The number of hydrogen-bond acceptors (Lipinski definition) is 5. The molecular weight excluding hydrogens is 394 g/mol. The first-order valence-corrected chi connectivity index (χ1v) is 11.3. The Labute approximate surface area is 173 Å². The van der Waals surface area contributed by atoms with Gasteiger partial charge in [0.1, 0.15) is 6.04 Å². The lowest BCUT2D eigenvalue weighted by molar-refractivity contribution is -0.131. The lowest BCUT2D eigenvalue weighted by Crippen LogP contribution is -2.47. The van der Waals surface area contributed by atoms with Crippen LogP contribution in [0.15, 0.2) is 29.2 Å². The number of carbonyl (C=O) groups excluding carboxylic acids is 2. The van der Waals surface area contributed by atoms with Gasteiger partial charge in [0.15, 0.2) is 0 Å². The van der Waals surface area contributed by atoms with Crippen LogP contribution >= 0.6 is 0 Å². The lowest BCUT2D eigenvalue weighted by atomic mass is 10.0. The van der Waals surface area contributed by atoms with E-state index >= 15 is 0 Å². The Bertz CT molecular complexity index is 817. The first-order valence-electron chi connectivity index (χ1n) is 9.83. The molecule has 9 heteroatoms. The van der Waals surface area contributed by atoms with Crippen LogP contribution in [0.3, 0.4) is 0 Å². The maximum Gasteiger partial charge on any atom is 0.251 e. The largest absolute Gasteiger partial charge is 0.377 e. The lowest BCUT2D eigenvalue weighted by Gasteiger charge is -2.23. The summed E-state index contributed by atoms with van der Waals surface area (Å²) in [6.07, 6.45) is 2.11. The Hall–Kier alpha value is -1.97. The number of nitrogens with zero attached hydrogens (tertiary/aromatic N) is 1. The van der Waals surface area contributed by atoms with E-state index in [2.05, 4.69) is 10.0 Å². The average Bonchev–Trinajstić information content (AvgIpc) is 3.18. The van der Waals surface area contributed by atoms with Crippen molar-refractivity contribution in [2.24, 2.45) is 5.92 Å². The van der Waals surface area contributed by atoms with Crippen molar-refractivity contribution in [1.29, 1.82) is 0 Å². The number of nitrogens with one attached hydrogen (secondary N) is 2. The molecule has 0 saturated carbocycles. The molecule has 1 aliphatic rings. The molecule has 29 heavy (non-hydrogen) atoms. The van der Waals surface area contributed by atoms with Gasteiger partial charge in [0.25, 0.3) is 5.91 Å². The van der Waals surface area contributed by atoms with Gasteiger partial charge in [0.05, 0.1) is 11.0 Å². The minimum absolute atomic E-state index is 0.00231. The van der Waals surface area contributed by atoms with Gasteiger partial charge in [0, 0.05) is 32.8 Å². The van der Waals surface area contributed by atoms with E-state index in [0.717, 1.165) is 12.8 Å². The standard InChI is InChI=1S/C20H31N3O5S/c1-14(2)11-18(20(25)23(3)4)22-19(24)15-7-5-9-17(12-15)29(26,27)21-13-16-8-6-10-28-16/h5,7,9,12,14,16,18,21H,6,8,10-11,13H2,1-4H3,(H,22,24)/t16-,18-/m1/s1. The number of amides is 2. The van der Waals surface area contributed by atoms with E-state index in [-0.39, 0.29) is 34.9 Å². The summed E-state index contributed by atoms with van der Waals surface area (Å²) in [5.41, 5.74) is 0.185. The van der Waals surface area contributed by atoms with Crippen LogP contribution in [0.2, 0.25) is 0 Å². The number of rotatable bonds is 9. The molecule has 1 aliphatic heterocycles. The summed E-state index contributed by atoms with van der Waals surface area (Å²) in [4.78, 5) is 26.5. The van der Waals surface area contributed by atoms with Gasteiger partial charge in [0.2, 0.25) is 15.9 Å². The van der Waals surface area contributed by atoms with Crippen molar-refractivity contribution in [1.82, 2.24) is 14.9 Å². The first-order chi connectivity index (χ1) is 13.6. The molecule has 2 N–H and O–H groups in total. The fourth-order valence-electron chi connectivity index (χ4n) is 3.14. The molecule has 0 radical (unpaired) electrons. The number of carbonyl (C=O) groups is 2. The van der Waals surface area contributed by atoms with Crippen LogP contribution in [0, 0.1) is 5.92 Å². The second kappa shape index (κ2) is 10.2. The van der Waals surface area contributed by atoms with Gasteiger partial charge in [-0.3, -0.25) is 9.59 Å². The summed E-state index contributed by atoms with van der Waals surface area (Å²) < 4.78 is 33.1. The Morgan fingerprint density at radius 2 is 2.00 bits per heavy atom. The van der Waals surface area contributed by atoms with Crippen molar-refractivity contribution in [2.45, 2.75) is 50.2 Å². The summed E-state index contributed by atoms with van der Waals surface area (Å²) in [6.45, 7) is 4.78. The molecule has 2 atom stereocenters. The molecule has 8 nitrogen and oxygen atoms in total. The highest BCUT2D eigenvalue weighted by molar-refractivity contribution is 7.89. The molecule has 0 spiro atoms. The zero-order chi connectivity index (χ0) is 21.6. The van der Waals surface area contributed by atoms with E-state index in [1.165, 1.54) is 29.2 Å². The van der Waals surface area contributed by atoms with Crippen molar-refractivity contribution in [2.75, 3.05) is 27.2 Å². The van der Waals surface area contributed by atoms with Crippen molar-refractivity contribution in [3.63, 3.8) is 0 Å². The van der Waals surface area contributed by atoms with Crippen molar-refractivity contribution < 1.29 is 22.7 Å². The SMILES string of the molecule is CC(C)C[C@@H](NC(=O)c1cccc(S(=O)(=O)NC[C@H]2CCCO2)c1)C(=O)N(C)C. The first kappa shape index (κ1) is 23.3. The molecule has 2 rings (SSSR count). The zero-order valence-electron chi connectivity index (χ0n) is 17.5. The maximum absolute atomic E-state index is 12.7. The van der Waals surface area contributed by atoms with E-state index < -0.39 is 22.0 Å². The Morgan fingerprint density at radius 3 is 2.59 bits per heavy atom. The minimum atomic E-state index is -3.77. The fourth-order valence-corrected chi connectivity index (χ4v) is 4.25. The van der Waals surface area contributed by atoms with Crippen LogP contribution in [-0.2, 0) is 19.6 Å². The van der Waals surface area contributed by atoms with E-state index in [1.54, 1.807) is 14.1 Å². The van der Waals surface area contributed by atoms with Crippen LogP contribution in [0.25, 0.3) is 0 Å². The molecule has 162 valence electrons. The molecular formula is C20H31N3O5S. The summed E-state index contributed by atoms with van der Waals surface area (Å²) in [5.74, 6) is -0.478. The summed E-state index contributed by atoms with van der Waals surface area (Å²) in [5, 5.41) is 2.74. The molecule has 0 bridgehead atoms. The molecule has 1 fully saturated rings. The third-order valence-electron chi connectivity index (χ3n) is 4.68. The van der Waals surface area contributed by atoms with Crippen LogP contribution in [-0.4, -0.2) is 64.5 Å². The predicted octanol–water partition coefficient (Wildman–Crippen LogP) is 1.38. The van der Waals surface area contributed by atoms with Crippen LogP contribution in [0.1, 0.15) is 43.5 Å². The average molecular weight is 426 g/mol. The van der Waals surface area contributed by atoms with Gasteiger partial charge in [-0.1, -0.05) is 19.9 Å². The van der Waals surface area contributed by atoms with Gasteiger partial charge in [-0.05, 0) is 43.4 Å². The second-order valence-electron chi connectivity index (χ2n) is 7.90. The molecule has 1 saturated heterocycles. The number of ether oxygens (including phenoxy) is 1. The number of sulfonamides is 1. The van der Waals surface area contributed by atoms with Gasteiger partial charge < -0.3 is 15.0 Å². The van der Waals surface area contributed by atoms with Crippen LogP contribution < -0.4 is 10.0 Å². The molecule has 1 heterocycles. The summed E-state index contributed by atoms with van der Waals surface area (Å²) in [6, 6.07) is 5.13. The molecule has 1 aromatic carbocycles. The fraction of sp³-hybridized carbons (Fsp3) is 0.600. The molecule has 1 aromatic rings. The topological polar surface area (TPSA) is 105 Å². The molecule has 0 unspecified atom stereocenters. The van der Waals surface area contributed by atoms with Gasteiger partial charge >= 0.3 is 0 Å². The van der Waals surface area contributed by atoms with Crippen molar-refractivity contribution in [3.8, 4) is 0 Å². The number of benzene rings is 1. The van der Waals surface area contributed by atoms with Gasteiger partial charge in [-0.25, -0.2) is 13.1 Å². The van der Waals surface area contributed by atoms with Crippen LogP contribution in [0.5, 0.6) is 0 Å². The maximum atomic E-state index is 12.7. The smallest absolute Gasteiger partial charge is 0.251 e. The third kappa shape index (κ3) is 6.80. The van der Waals surface area contributed by atoms with E-state index in [9.17, 15) is 18.0 Å². The molecule has 0 aromatic heterocycles. The van der Waals surface area contributed by atoms with E-state index in [0.29, 0.717) is 13.0 Å². The summed E-state index contributed by atoms with van der Waals surface area (Å²) >= 11 is 0. The molecule has 2 amide bonds. The van der Waals surface area contributed by atoms with Gasteiger partial charge in [-0.2, -0.15) is 0 Å². The van der Waals surface area contributed by atoms with Crippen LogP contribution in [0.4, 0.5) is 0 Å².